The van der Waals surface area contributed by atoms with E-state index < -0.39 is 116 Å². The predicted molar refractivity (Wildman–Crippen MR) is 150 cm³/mol. The Kier molecular flexibility index (Phi) is 11.6. The number of nitrogens with one attached hydrogen (secondary N) is 2. The highest BCUT2D eigenvalue weighted by Crippen LogP contribution is 2.40. The fourth-order valence-electron chi connectivity index (χ4n) is 5.87. The molecule has 0 radical (unpaired) electrons. The molecule has 0 aromatic rings. The van der Waals surface area contributed by atoms with Crippen molar-refractivity contribution in [3.05, 3.63) is 0 Å². The molecule has 4 rings (SSSR count). The molecule has 18 N–H and O–H groups in total. The van der Waals surface area contributed by atoms with E-state index >= 15 is 0 Å². The zero-order valence-electron chi connectivity index (χ0n) is 24.6. The van der Waals surface area contributed by atoms with Crippen molar-refractivity contribution in [2.45, 2.75) is 123 Å². The summed E-state index contributed by atoms with van der Waals surface area (Å²) >= 11 is 0. The van der Waals surface area contributed by atoms with Gasteiger partial charge in [-0.1, -0.05) is 6.92 Å². The summed E-state index contributed by atoms with van der Waals surface area (Å²) < 4.78 is 23.0. The number of carbonyl (C=O) groups excluding carboxylic acids is 1. The molecule has 3 unspecified atom stereocenters. The van der Waals surface area contributed by atoms with E-state index in [0.717, 1.165) is 0 Å². The van der Waals surface area contributed by atoms with Crippen molar-refractivity contribution in [2.75, 3.05) is 19.7 Å². The highest BCUT2D eigenvalue weighted by atomic mass is 16.7. The molecule has 0 spiro atoms. The van der Waals surface area contributed by atoms with Crippen LogP contribution in [0.1, 0.15) is 19.8 Å². The normalized spacial score (nSPS) is 48.4. The number of guanidine groups is 1. The van der Waals surface area contributed by atoms with Crippen LogP contribution in [0, 0.1) is 0 Å². The third-order valence-electron chi connectivity index (χ3n) is 8.71. The van der Waals surface area contributed by atoms with Gasteiger partial charge in [-0.2, -0.15) is 0 Å². The summed E-state index contributed by atoms with van der Waals surface area (Å²) in [4.78, 5) is 16.9. The number of aliphatic hydroxyl groups excluding tert-OH is 7. The number of hydrogen-bond donors (Lipinski definition) is 14. The Labute approximate surface area is 258 Å². The molecule has 260 valence electrons. The highest BCUT2D eigenvalue weighted by Gasteiger charge is 2.61. The van der Waals surface area contributed by atoms with E-state index in [2.05, 4.69) is 15.6 Å². The first kappa shape index (κ1) is 36.0. The Morgan fingerprint density at radius 3 is 2.16 bits per heavy atom. The number of rotatable bonds is 11. The molecule has 20 nitrogen and oxygen atoms in total. The molecule has 2 aliphatic heterocycles. The second-order valence-corrected chi connectivity index (χ2v) is 12.0. The molecule has 2 aliphatic carbocycles. The first-order chi connectivity index (χ1) is 21.1. The van der Waals surface area contributed by atoms with Crippen LogP contribution in [0.25, 0.3) is 0 Å². The van der Waals surface area contributed by atoms with Gasteiger partial charge in [0.25, 0.3) is 5.91 Å². The fraction of sp³-hybridized carbons (Fsp3) is 0.920. The molecular formula is C25H47N7O13. The van der Waals surface area contributed by atoms with Gasteiger partial charge >= 0.3 is 0 Å². The molecule has 45 heavy (non-hydrogen) atoms. The summed E-state index contributed by atoms with van der Waals surface area (Å²) in [6.45, 7) is 1.74. The lowest BCUT2D eigenvalue weighted by molar-refractivity contribution is -0.333. The Bertz CT molecular complexity index is 1040. The van der Waals surface area contributed by atoms with Gasteiger partial charge < -0.3 is 93.4 Å². The van der Waals surface area contributed by atoms with Crippen LogP contribution in [0.15, 0.2) is 4.99 Å². The standard InChI is InChI=1S/C25H47N7O13/c1-2-30-5-9-14(35)16(37)17(38)22(42-9)44-19-7(26)3-8(31-23(40)25(41)4-11(25)32-24(28)29)20(18(19)39)45-21-15(36)12(27)13(34)10(6-33)43-21/h7-22,30,33-39,41H,2-6,26-27H2,1H3,(H,31,40)(H4,28,29,32)/t7-,8+,9+,10+,11?,12-,13+,14+,15+,16-,17+,18-,19?,20-,21+,22+,25?/m0/s1. The van der Waals surface area contributed by atoms with Gasteiger partial charge in [-0.25, -0.2) is 4.99 Å². The van der Waals surface area contributed by atoms with Crippen molar-refractivity contribution in [1.29, 1.82) is 0 Å². The number of hydrogen-bond acceptors (Lipinski definition) is 17. The number of nitrogens with two attached hydrogens (primary N) is 4. The van der Waals surface area contributed by atoms with Crippen LogP contribution in [0.2, 0.25) is 0 Å². The van der Waals surface area contributed by atoms with Crippen LogP contribution in [0.4, 0.5) is 0 Å². The van der Waals surface area contributed by atoms with E-state index in [9.17, 15) is 45.6 Å². The SMILES string of the molecule is CCNC[C@H]1O[C@H](OC2[C@@H](N)C[C@@H](NC(=O)C3(O)CC3N=C(N)N)[C@H](O[C@H]3O[C@H](CO)[C@@H](O)[C@H](N)[C@H]3O)[C@H]2O)[C@H](O)[C@@H](O)[C@@H]1O. The maximum absolute atomic E-state index is 13.1. The highest BCUT2D eigenvalue weighted by molar-refractivity contribution is 5.90. The molecule has 4 fully saturated rings. The molecule has 20 heteroatoms. The summed E-state index contributed by atoms with van der Waals surface area (Å²) in [5, 5.41) is 89.8. The minimum absolute atomic E-state index is 0.0934. The molecule has 2 saturated carbocycles. The van der Waals surface area contributed by atoms with Gasteiger partial charge in [-0.15, -0.1) is 0 Å². The molecule has 4 aliphatic rings. The second kappa shape index (κ2) is 14.5. The summed E-state index contributed by atoms with van der Waals surface area (Å²) in [6, 6.07) is -4.49. The Morgan fingerprint density at radius 2 is 1.53 bits per heavy atom. The summed E-state index contributed by atoms with van der Waals surface area (Å²) in [6.07, 6.45) is -18.4. The summed E-state index contributed by atoms with van der Waals surface area (Å²) in [5.41, 5.74) is 21.0. The van der Waals surface area contributed by atoms with Crippen molar-refractivity contribution in [3.63, 3.8) is 0 Å². The average Bonchev–Trinajstić information content (AvgIpc) is 3.65. The minimum Gasteiger partial charge on any atom is -0.394 e. The maximum Gasteiger partial charge on any atom is 0.254 e. The molecule has 1 amide bonds. The van der Waals surface area contributed by atoms with Gasteiger partial charge in [-0.3, -0.25) is 4.79 Å². The number of aliphatic imine (C=N–C) groups is 1. The molecule has 2 heterocycles. The van der Waals surface area contributed by atoms with Crippen LogP contribution in [0.5, 0.6) is 0 Å². The number of ether oxygens (including phenoxy) is 4. The molecule has 17 atom stereocenters. The van der Waals surface area contributed by atoms with Gasteiger partial charge in [0.15, 0.2) is 24.1 Å². The van der Waals surface area contributed by atoms with Crippen molar-refractivity contribution in [2.24, 2.45) is 27.9 Å². The van der Waals surface area contributed by atoms with E-state index in [4.69, 9.17) is 41.9 Å². The smallest absolute Gasteiger partial charge is 0.254 e. The Hall–Kier alpha value is -1.86. The Morgan fingerprint density at radius 1 is 0.911 bits per heavy atom. The van der Waals surface area contributed by atoms with Crippen LogP contribution in [-0.4, -0.2) is 176 Å². The number of likely N-dealkylation sites (N-methyl/N-ethyl adjacent to an activating group) is 1. The van der Waals surface area contributed by atoms with Gasteiger partial charge in [-0.05, 0) is 13.0 Å². The van der Waals surface area contributed by atoms with Crippen molar-refractivity contribution in [1.82, 2.24) is 10.6 Å². The quantitative estimate of drug-likeness (QED) is 0.0726. The first-order valence-electron chi connectivity index (χ1n) is 14.8. The topological polar surface area (TPSA) is 356 Å². The number of nitrogens with zero attached hydrogens (tertiary/aromatic N) is 1. The van der Waals surface area contributed by atoms with Gasteiger partial charge in [0.2, 0.25) is 0 Å². The number of aliphatic hydroxyl groups is 8. The van der Waals surface area contributed by atoms with Crippen molar-refractivity contribution >= 4 is 11.9 Å². The van der Waals surface area contributed by atoms with E-state index in [1.807, 2.05) is 6.92 Å². The molecule has 0 bridgehead atoms. The maximum atomic E-state index is 13.1. The second-order valence-electron chi connectivity index (χ2n) is 12.0. The lowest BCUT2D eigenvalue weighted by Crippen LogP contribution is -2.69. The van der Waals surface area contributed by atoms with Crippen LogP contribution in [0.3, 0.4) is 0 Å². The molecule has 0 aromatic carbocycles. The van der Waals surface area contributed by atoms with Gasteiger partial charge in [0, 0.05) is 19.0 Å². The van der Waals surface area contributed by atoms with E-state index in [-0.39, 0.29) is 25.3 Å². The zero-order valence-corrected chi connectivity index (χ0v) is 24.6. The fourth-order valence-corrected chi connectivity index (χ4v) is 5.87. The lowest BCUT2D eigenvalue weighted by Gasteiger charge is -2.49. The Balaban J connectivity index is 1.57. The van der Waals surface area contributed by atoms with E-state index in [0.29, 0.717) is 6.54 Å². The van der Waals surface area contributed by atoms with Crippen LogP contribution >= 0.6 is 0 Å². The van der Waals surface area contributed by atoms with Crippen LogP contribution < -0.4 is 33.6 Å². The zero-order chi connectivity index (χ0) is 33.4. The minimum atomic E-state index is -1.97. The summed E-state index contributed by atoms with van der Waals surface area (Å²) in [7, 11) is 0. The third kappa shape index (κ3) is 7.50. The monoisotopic (exact) mass is 653 g/mol. The third-order valence-corrected chi connectivity index (χ3v) is 8.71. The van der Waals surface area contributed by atoms with Crippen molar-refractivity contribution < 1.29 is 64.6 Å². The molecule has 0 aromatic heterocycles. The lowest BCUT2D eigenvalue weighted by atomic mass is 9.83. The largest absolute Gasteiger partial charge is 0.394 e. The van der Waals surface area contributed by atoms with E-state index in [1.165, 1.54) is 0 Å². The van der Waals surface area contributed by atoms with Gasteiger partial charge in [0.1, 0.15) is 61.0 Å². The molecule has 2 saturated heterocycles. The summed E-state index contributed by atoms with van der Waals surface area (Å²) in [5.74, 6) is -1.24. The van der Waals surface area contributed by atoms with E-state index in [1.54, 1.807) is 0 Å². The molecular weight excluding hydrogens is 606 g/mol. The average molecular weight is 654 g/mol. The number of carbonyl (C=O) groups is 1. The predicted octanol–water partition coefficient (Wildman–Crippen LogP) is -8.71. The van der Waals surface area contributed by atoms with Crippen molar-refractivity contribution in [3.8, 4) is 0 Å². The first-order valence-corrected chi connectivity index (χ1v) is 14.8. The number of amides is 1. The van der Waals surface area contributed by atoms with Gasteiger partial charge in [0.05, 0.1) is 24.7 Å². The van der Waals surface area contributed by atoms with Crippen LogP contribution in [-0.2, 0) is 23.7 Å².